The first kappa shape index (κ1) is 14.0. The van der Waals surface area contributed by atoms with Gasteiger partial charge in [-0.2, -0.15) is 0 Å². The third kappa shape index (κ3) is 3.10. The van der Waals surface area contributed by atoms with Crippen LogP contribution in [-0.2, 0) is 0 Å². The molecule has 0 aliphatic heterocycles. The maximum atomic E-state index is 13.4. The van der Waals surface area contributed by atoms with E-state index in [9.17, 15) is 14.3 Å². The van der Waals surface area contributed by atoms with Crippen LogP contribution in [0.15, 0.2) is 42.5 Å². The molecule has 1 amide bonds. The van der Waals surface area contributed by atoms with Crippen molar-refractivity contribution in [1.29, 1.82) is 0 Å². The summed E-state index contributed by atoms with van der Waals surface area (Å²) in [4.78, 5) is 11.9. The van der Waals surface area contributed by atoms with E-state index >= 15 is 0 Å². The van der Waals surface area contributed by atoms with E-state index in [-0.39, 0.29) is 21.9 Å². The third-order valence-electron chi connectivity index (χ3n) is 2.60. The van der Waals surface area contributed by atoms with Crippen LogP contribution >= 0.6 is 12.2 Å². The van der Waals surface area contributed by atoms with Crippen molar-refractivity contribution in [2.75, 3.05) is 5.32 Å². The first-order chi connectivity index (χ1) is 9.47. The predicted molar refractivity (Wildman–Crippen MR) is 78.3 cm³/mol. The Kier molecular flexibility index (Phi) is 3.95. The van der Waals surface area contributed by atoms with Gasteiger partial charge in [0.2, 0.25) is 0 Å². The molecule has 0 saturated carbocycles. The van der Waals surface area contributed by atoms with E-state index in [2.05, 4.69) is 5.32 Å². The van der Waals surface area contributed by atoms with E-state index in [0.29, 0.717) is 5.69 Å². The Morgan fingerprint density at radius 3 is 2.65 bits per heavy atom. The van der Waals surface area contributed by atoms with Gasteiger partial charge in [-0.15, -0.1) is 0 Å². The van der Waals surface area contributed by atoms with Gasteiger partial charge in [-0.05, 0) is 36.4 Å². The van der Waals surface area contributed by atoms with Gasteiger partial charge in [-0.3, -0.25) is 4.79 Å². The molecule has 0 fully saturated rings. The Morgan fingerprint density at radius 1 is 1.25 bits per heavy atom. The van der Waals surface area contributed by atoms with Crippen LogP contribution < -0.4 is 11.1 Å². The van der Waals surface area contributed by atoms with Gasteiger partial charge >= 0.3 is 0 Å². The summed E-state index contributed by atoms with van der Waals surface area (Å²) in [7, 11) is 0. The van der Waals surface area contributed by atoms with E-state index in [1.54, 1.807) is 12.1 Å². The molecule has 2 rings (SSSR count). The highest BCUT2D eigenvalue weighted by atomic mass is 32.1. The second-order valence-corrected chi connectivity index (χ2v) is 4.50. The predicted octanol–water partition coefficient (Wildman–Crippen LogP) is 2.42. The zero-order chi connectivity index (χ0) is 14.7. The topological polar surface area (TPSA) is 75.3 Å². The van der Waals surface area contributed by atoms with Crippen LogP contribution in [0.2, 0.25) is 0 Å². The Bertz CT molecular complexity index is 689. The summed E-state index contributed by atoms with van der Waals surface area (Å²) >= 11 is 4.73. The number of amides is 1. The van der Waals surface area contributed by atoms with Crippen LogP contribution in [0, 0.1) is 5.82 Å². The quantitative estimate of drug-likeness (QED) is 0.759. The molecule has 0 unspecified atom stereocenters. The smallest absolute Gasteiger partial charge is 0.255 e. The van der Waals surface area contributed by atoms with Crippen molar-refractivity contribution in [3.8, 4) is 5.75 Å². The van der Waals surface area contributed by atoms with Gasteiger partial charge in [0.25, 0.3) is 5.91 Å². The van der Waals surface area contributed by atoms with Crippen LogP contribution in [0.1, 0.15) is 15.9 Å². The van der Waals surface area contributed by atoms with Crippen LogP contribution in [-0.4, -0.2) is 16.0 Å². The summed E-state index contributed by atoms with van der Waals surface area (Å²) in [5.41, 5.74) is 6.10. The monoisotopic (exact) mass is 290 g/mol. The van der Waals surface area contributed by atoms with Gasteiger partial charge < -0.3 is 16.2 Å². The molecule has 6 heteroatoms. The van der Waals surface area contributed by atoms with Crippen molar-refractivity contribution < 1.29 is 14.3 Å². The molecule has 20 heavy (non-hydrogen) atoms. The molecule has 0 spiro atoms. The summed E-state index contributed by atoms with van der Waals surface area (Å²) in [6.45, 7) is 0. The van der Waals surface area contributed by atoms with Crippen molar-refractivity contribution in [3.63, 3.8) is 0 Å². The minimum atomic E-state index is -0.548. The Balaban J connectivity index is 2.24. The highest BCUT2D eigenvalue weighted by Crippen LogP contribution is 2.17. The Morgan fingerprint density at radius 2 is 2.00 bits per heavy atom. The van der Waals surface area contributed by atoms with E-state index in [0.717, 1.165) is 0 Å². The molecule has 4 nitrogen and oxygen atoms in total. The number of phenolic OH excluding ortho intramolecular Hbond substituents is 1. The number of nitrogens with two attached hydrogens (primary N) is 1. The van der Waals surface area contributed by atoms with Gasteiger partial charge in [0.15, 0.2) is 0 Å². The average Bonchev–Trinajstić information content (AvgIpc) is 2.40. The normalized spacial score (nSPS) is 10.1. The number of thiocarbonyl (C=S) groups is 1. The maximum Gasteiger partial charge on any atom is 0.255 e. The number of aromatic hydroxyl groups is 1. The van der Waals surface area contributed by atoms with E-state index in [4.69, 9.17) is 18.0 Å². The van der Waals surface area contributed by atoms with Crippen molar-refractivity contribution in [2.45, 2.75) is 0 Å². The molecule has 0 atom stereocenters. The molecule has 102 valence electrons. The number of halogens is 1. The fraction of sp³-hybridized carbons (Fsp3) is 0. The highest BCUT2D eigenvalue weighted by molar-refractivity contribution is 7.80. The number of benzene rings is 2. The fourth-order valence-corrected chi connectivity index (χ4v) is 1.80. The van der Waals surface area contributed by atoms with Crippen LogP contribution in [0.5, 0.6) is 5.75 Å². The second kappa shape index (κ2) is 5.66. The summed E-state index contributed by atoms with van der Waals surface area (Å²) in [5, 5.41) is 11.9. The Labute approximate surface area is 120 Å². The van der Waals surface area contributed by atoms with Gasteiger partial charge in [0.05, 0.1) is 0 Å². The minimum Gasteiger partial charge on any atom is -0.508 e. The molecule has 0 aliphatic rings. The summed E-state index contributed by atoms with van der Waals surface area (Å²) < 4.78 is 13.4. The number of hydrogen-bond acceptors (Lipinski definition) is 3. The standard InChI is InChI=1S/C14H11FN2O2S/c15-12-5-4-9(7-11(12)13(16)20)17-14(19)8-2-1-3-10(18)6-8/h1-7,18H,(H2,16,20)(H,17,19). The van der Waals surface area contributed by atoms with Crippen molar-refractivity contribution in [2.24, 2.45) is 5.73 Å². The lowest BCUT2D eigenvalue weighted by molar-refractivity contribution is 0.102. The van der Waals surface area contributed by atoms with Crippen LogP contribution in [0.25, 0.3) is 0 Å². The molecule has 2 aromatic rings. The zero-order valence-corrected chi connectivity index (χ0v) is 11.1. The number of anilines is 1. The lowest BCUT2D eigenvalue weighted by atomic mass is 10.1. The number of rotatable bonds is 3. The summed E-state index contributed by atoms with van der Waals surface area (Å²) in [6.07, 6.45) is 0. The lowest BCUT2D eigenvalue weighted by Crippen LogP contribution is -2.15. The Hall–Kier alpha value is -2.47. The molecule has 4 N–H and O–H groups in total. The molecule has 0 bridgehead atoms. The van der Waals surface area contributed by atoms with Crippen molar-refractivity contribution >= 4 is 28.8 Å². The molecule has 0 radical (unpaired) electrons. The molecule has 0 saturated heterocycles. The third-order valence-corrected chi connectivity index (χ3v) is 2.82. The van der Waals surface area contributed by atoms with E-state index < -0.39 is 11.7 Å². The molecule has 0 aliphatic carbocycles. The second-order valence-electron chi connectivity index (χ2n) is 4.06. The maximum absolute atomic E-state index is 13.4. The summed E-state index contributed by atoms with van der Waals surface area (Å²) in [5.74, 6) is -0.991. The van der Waals surface area contributed by atoms with E-state index in [1.807, 2.05) is 0 Å². The molecule has 0 heterocycles. The number of phenols is 1. The molecular weight excluding hydrogens is 279 g/mol. The largest absolute Gasteiger partial charge is 0.508 e. The summed E-state index contributed by atoms with van der Waals surface area (Å²) in [6, 6.07) is 9.82. The minimum absolute atomic E-state index is 0.0134. The van der Waals surface area contributed by atoms with Crippen LogP contribution in [0.3, 0.4) is 0 Å². The van der Waals surface area contributed by atoms with Gasteiger partial charge in [0, 0.05) is 16.8 Å². The average molecular weight is 290 g/mol. The molecule has 0 aromatic heterocycles. The van der Waals surface area contributed by atoms with Gasteiger partial charge in [0.1, 0.15) is 16.6 Å². The number of hydrogen-bond donors (Lipinski definition) is 3. The number of nitrogens with one attached hydrogen (secondary N) is 1. The lowest BCUT2D eigenvalue weighted by Gasteiger charge is -2.08. The highest BCUT2D eigenvalue weighted by Gasteiger charge is 2.10. The number of carbonyl (C=O) groups excluding carboxylic acids is 1. The van der Waals surface area contributed by atoms with Crippen molar-refractivity contribution in [3.05, 3.63) is 59.4 Å². The van der Waals surface area contributed by atoms with Gasteiger partial charge in [-0.1, -0.05) is 18.3 Å². The van der Waals surface area contributed by atoms with Crippen molar-refractivity contribution in [1.82, 2.24) is 0 Å². The number of carbonyl (C=O) groups is 1. The zero-order valence-electron chi connectivity index (χ0n) is 10.3. The first-order valence-electron chi connectivity index (χ1n) is 5.67. The molecular formula is C14H11FN2O2S. The van der Waals surface area contributed by atoms with E-state index in [1.165, 1.54) is 30.3 Å². The fourth-order valence-electron chi connectivity index (χ4n) is 1.64. The first-order valence-corrected chi connectivity index (χ1v) is 6.08. The van der Waals surface area contributed by atoms with Gasteiger partial charge in [-0.25, -0.2) is 4.39 Å². The SMILES string of the molecule is NC(=S)c1cc(NC(=O)c2cccc(O)c2)ccc1F. The molecule has 2 aromatic carbocycles. The van der Waals surface area contributed by atoms with Crippen LogP contribution in [0.4, 0.5) is 10.1 Å².